The summed E-state index contributed by atoms with van der Waals surface area (Å²) in [6.07, 6.45) is 5.20. The van der Waals surface area contributed by atoms with Crippen molar-refractivity contribution < 1.29 is 0 Å². The Morgan fingerprint density at radius 1 is 0.875 bits per heavy atom. The summed E-state index contributed by atoms with van der Waals surface area (Å²) in [5, 5.41) is 5.69. The molecule has 0 amide bonds. The van der Waals surface area contributed by atoms with Gasteiger partial charge in [0.2, 0.25) is 0 Å². The summed E-state index contributed by atoms with van der Waals surface area (Å²) in [6, 6.07) is 26.9. The van der Waals surface area contributed by atoms with Crippen LogP contribution in [0.3, 0.4) is 0 Å². The van der Waals surface area contributed by atoms with Gasteiger partial charge in [-0.1, -0.05) is 60.1 Å². The standard InChI is InChI=1S/C27H27ClN4/c28-24-11-9-22(10-12-24)25-20-26(32(30-25)27-8-4-5-16-29-27)23-14-18-31(19-15-23)17-13-21-6-2-1-3-7-21/h1-12,16,20,23H,13-15,17-19H2. The molecule has 5 rings (SSSR count). The quantitative estimate of drug-likeness (QED) is 0.366. The van der Waals surface area contributed by atoms with Crippen molar-refractivity contribution in [2.45, 2.75) is 25.2 Å². The summed E-state index contributed by atoms with van der Waals surface area (Å²) in [7, 11) is 0. The molecule has 3 heterocycles. The zero-order chi connectivity index (χ0) is 21.8. The highest BCUT2D eigenvalue weighted by Gasteiger charge is 2.25. The molecule has 0 radical (unpaired) electrons. The lowest BCUT2D eigenvalue weighted by atomic mass is 9.92. The number of aromatic nitrogens is 3. The SMILES string of the molecule is Clc1ccc(-c2cc(C3CCN(CCc4ccccc4)CC3)n(-c3ccccn3)n2)cc1. The van der Waals surface area contributed by atoms with E-state index in [1.165, 1.54) is 11.3 Å². The number of rotatable bonds is 6. The molecule has 0 saturated carbocycles. The van der Waals surface area contributed by atoms with Crippen LogP contribution < -0.4 is 0 Å². The molecule has 0 spiro atoms. The fourth-order valence-electron chi connectivity index (χ4n) is 4.49. The predicted octanol–water partition coefficient (Wildman–Crippen LogP) is 6.01. The van der Waals surface area contributed by atoms with E-state index in [4.69, 9.17) is 16.7 Å². The van der Waals surface area contributed by atoms with Gasteiger partial charge in [-0.3, -0.25) is 0 Å². The monoisotopic (exact) mass is 442 g/mol. The van der Waals surface area contributed by atoms with Crippen LogP contribution in [0.2, 0.25) is 5.02 Å². The molecule has 2 aromatic heterocycles. The smallest absolute Gasteiger partial charge is 0.153 e. The zero-order valence-electron chi connectivity index (χ0n) is 18.1. The summed E-state index contributed by atoms with van der Waals surface area (Å²) in [5.41, 5.74) is 4.70. The summed E-state index contributed by atoms with van der Waals surface area (Å²) in [5.74, 6) is 1.34. The molecule has 4 aromatic rings. The molecule has 0 atom stereocenters. The molecule has 0 bridgehead atoms. The van der Waals surface area contributed by atoms with Crippen LogP contribution in [-0.2, 0) is 6.42 Å². The Balaban J connectivity index is 1.34. The van der Waals surface area contributed by atoms with Gasteiger partial charge in [-0.25, -0.2) is 9.67 Å². The highest BCUT2D eigenvalue weighted by molar-refractivity contribution is 6.30. The Hall–Kier alpha value is -2.95. The maximum atomic E-state index is 6.09. The van der Waals surface area contributed by atoms with Crippen LogP contribution in [0.25, 0.3) is 17.1 Å². The number of hydrogen-bond donors (Lipinski definition) is 0. The Labute approximate surface area is 194 Å². The van der Waals surface area contributed by atoms with Crippen LogP contribution in [0.15, 0.2) is 85.1 Å². The van der Waals surface area contributed by atoms with Crippen molar-refractivity contribution >= 4 is 11.6 Å². The fourth-order valence-corrected chi connectivity index (χ4v) is 4.62. The molecule has 2 aromatic carbocycles. The van der Waals surface area contributed by atoms with Gasteiger partial charge in [0.15, 0.2) is 5.82 Å². The van der Waals surface area contributed by atoms with E-state index >= 15 is 0 Å². The van der Waals surface area contributed by atoms with E-state index in [0.29, 0.717) is 5.92 Å². The first kappa shape index (κ1) is 20.9. The van der Waals surface area contributed by atoms with Crippen LogP contribution >= 0.6 is 11.6 Å². The average Bonchev–Trinajstić information content (AvgIpc) is 3.30. The Morgan fingerprint density at radius 2 is 1.62 bits per heavy atom. The lowest BCUT2D eigenvalue weighted by Crippen LogP contribution is -2.35. The third-order valence-electron chi connectivity index (χ3n) is 6.31. The van der Waals surface area contributed by atoms with Gasteiger partial charge in [0.1, 0.15) is 0 Å². The maximum Gasteiger partial charge on any atom is 0.153 e. The zero-order valence-corrected chi connectivity index (χ0v) is 18.8. The van der Waals surface area contributed by atoms with E-state index in [0.717, 1.165) is 61.0 Å². The third kappa shape index (κ3) is 4.77. The Kier molecular flexibility index (Phi) is 6.33. The van der Waals surface area contributed by atoms with Crippen molar-refractivity contribution in [3.05, 3.63) is 101 Å². The van der Waals surface area contributed by atoms with Crippen LogP contribution in [0.4, 0.5) is 0 Å². The van der Waals surface area contributed by atoms with Crippen molar-refractivity contribution in [3.8, 4) is 17.1 Å². The van der Waals surface area contributed by atoms with E-state index in [9.17, 15) is 0 Å². The topological polar surface area (TPSA) is 34.0 Å². The highest BCUT2D eigenvalue weighted by atomic mass is 35.5. The van der Waals surface area contributed by atoms with Crippen molar-refractivity contribution in [1.82, 2.24) is 19.7 Å². The third-order valence-corrected chi connectivity index (χ3v) is 6.56. The van der Waals surface area contributed by atoms with Crippen molar-refractivity contribution in [1.29, 1.82) is 0 Å². The predicted molar refractivity (Wildman–Crippen MR) is 130 cm³/mol. The van der Waals surface area contributed by atoms with E-state index in [-0.39, 0.29) is 0 Å². The lowest BCUT2D eigenvalue weighted by molar-refractivity contribution is 0.212. The van der Waals surface area contributed by atoms with Crippen molar-refractivity contribution in [2.75, 3.05) is 19.6 Å². The number of piperidine rings is 1. The number of pyridine rings is 1. The molecule has 0 aliphatic carbocycles. The molecular weight excluding hydrogens is 416 g/mol. The molecule has 1 saturated heterocycles. The second-order valence-electron chi connectivity index (χ2n) is 8.41. The summed E-state index contributed by atoms with van der Waals surface area (Å²) < 4.78 is 2.04. The lowest BCUT2D eigenvalue weighted by Gasteiger charge is -2.32. The molecule has 1 aliphatic rings. The van der Waals surface area contributed by atoms with Crippen LogP contribution in [0.1, 0.15) is 30.0 Å². The molecule has 1 fully saturated rings. The van der Waals surface area contributed by atoms with Gasteiger partial charge < -0.3 is 4.90 Å². The van der Waals surface area contributed by atoms with Gasteiger partial charge >= 0.3 is 0 Å². The maximum absolute atomic E-state index is 6.09. The van der Waals surface area contributed by atoms with E-state index in [1.54, 1.807) is 0 Å². The molecule has 0 N–H and O–H groups in total. The molecule has 1 aliphatic heterocycles. The molecule has 162 valence electrons. The Bertz CT molecular complexity index is 1130. The minimum absolute atomic E-state index is 0.471. The normalized spacial score (nSPS) is 15.2. The van der Waals surface area contributed by atoms with Crippen molar-refractivity contribution in [3.63, 3.8) is 0 Å². The van der Waals surface area contributed by atoms with Crippen LogP contribution in [0, 0.1) is 0 Å². The summed E-state index contributed by atoms with van der Waals surface area (Å²) in [6.45, 7) is 3.34. The molecule has 4 nitrogen and oxygen atoms in total. The van der Waals surface area contributed by atoms with Gasteiger partial charge in [0, 0.05) is 34.9 Å². The van der Waals surface area contributed by atoms with E-state index in [1.807, 2.05) is 53.3 Å². The van der Waals surface area contributed by atoms with Crippen LogP contribution in [0.5, 0.6) is 0 Å². The fraction of sp³-hybridized carbons (Fsp3) is 0.259. The van der Waals surface area contributed by atoms with Crippen LogP contribution in [-0.4, -0.2) is 39.3 Å². The number of benzene rings is 2. The largest absolute Gasteiger partial charge is 0.303 e. The minimum atomic E-state index is 0.471. The van der Waals surface area contributed by atoms with Crippen molar-refractivity contribution in [2.24, 2.45) is 0 Å². The number of hydrogen-bond acceptors (Lipinski definition) is 3. The minimum Gasteiger partial charge on any atom is -0.303 e. The van der Waals surface area contributed by atoms with E-state index < -0.39 is 0 Å². The molecular formula is C27H27ClN4. The molecule has 0 unspecified atom stereocenters. The van der Waals surface area contributed by atoms with Gasteiger partial charge in [0.25, 0.3) is 0 Å². The first-order chi connectivity index (χ1) is 15.8. The highest BCUT2D eigenvalue weighted by Crippen LogP contribution is 2.32. The number of likely N-dealkylation sites (tertiary alicyclic amines) is 1. The van der Waals surface area contributed by atoms with Gasteiger partial charge in [0.05, 0.1) is 5.69 Å². The van der Waals surface area contributed by atoms with E-state index in [2.05, 4.69) is 46.3 Å². The van der Waals surface area contributed by atoms with Gasteiger partial charge in [-0.05, 0) is 68.2 Å². The summed E-state index contributed by atoms with van der Waals surface area (Å²) >= 11 is 6.09. The second-order valence-corrected chi connectivity index (χ2v) is 8.85. The molecule has 32 heavy (non-hydrogen) atoms. The summed E-state index contributed by atoms with van der Waals surface area (Å²) in [4.78, 5) is 7.16. The first-order valence-electron chi connectivity index (χ1n) is 11.3. The average molecular weight is 443 g/mol. The van der Waals surface area contributed by atoms with Gasteiger partial charge in [-0.15, -0.1) is 0 Å². The number of nitrogens with zero attached hydrogens (tertiary/aromatic N) is 4. The second kappa shape index (κ2) is 9.68. The van der Waals surface area contributed by atoms with Gasteiger partial charge in [-0.2, -0.15) is 5.10 Å². The first-order valence-corrected chi connectivity index (χ1v) is 11.7. The molecule has 5 heteroatoms. The Morgan fingerprint density at radius 3 is 2.34 bits per heavy atom. The number of halogens is 1.